The van der Waals surface area contributed by atoms with Crippen molar-refractivity contribution in [2.24, 2.45) is 0 Å². The summed E-state index contributed by atoms with van der Waals surface area (Å²) in [6.07, 6.45) is -6.54. The number of aliphatic hydroxyl groups is 4. The molecule has 2 unspecified atom stereocenters. The van der Waals surface area contributed by atoms with Crippen LogP contribution in [0.4, 0.5) is 5.82 Å². The summed E-state index contributed by atoms with van der Waals surface area (Å²) in [5, 5.41) is 51.0. The predicted octanol–water partition coefficient (Wildman–Crippen LogP) is -3.62. The predicted molar refractivity (Wildman–Crippen MR) is 128 cm³/mol. The van der Waals surface area contributed by atoms with Crippen molar-refractivity contribution >= 4 is 35.7 Å². The first-order chi connectivity index (χ1) is 19.1. The van der Waals surface area contributed by atoms with Crippen molar-refractivity contribution in [3.05, 3.63) is 29.3 Å². The van der Waals surface area contributed by atoms with Crippen LogP contribution in [-0.4, -0.2) is 119 Å². The Balaban J connectivity index is 1.24. The summed E-state index contributed by atoms with van der Waals surface area (Å²) in [6, 6.07) is 0. The molecule has 2 aliphatic heterocycles. The number of aliphatic hydroxyl groups excluding tert-OH is 4. The molecule has 20 nitrogen and oxygen atoms in total. The van der Waals surface area contributed by atoms with Crippen molar-refractivity contribution < 1.29 is 43.9 Å². The van der Waals surface area contributed by atoms with Gasteiger partial charge in [-0.25, -0.2) is 25.0 Å². The number of fused-ring (bicyclic) bond motifs is 2. The molecule has 40 heavy (non-hydrogen) atoms. The van der Waals surface area contributed by atoms with Gasteiger partial charge in [-0.2, -0.15) is 0 Å². The highest BCUT2D eigenvalue weighted by atomic mass is 31.2. The standard InChI is InChI=1S/C19H23N10O10P/c20-14-8-15(22-3-21-14)28(4-23-8)19-13(11(32)6(1-30)38-19)40(35,36)37-2-7-10(31)12(33)18(39-7)29-5-24-9-16(29)25-27-26-17(9)34/h3-7,10-13,18-19,30-33H,1-2H2,(H,35,36)(H2,20,21,22)(H,25,26,34)/t6?,7-,10-,11-,12-,13-,18-,19-/m1/s1. The molecule has 6 heterocycles. The van der Waals surface area contributed by atoms with Crippen LogP contribution >= 0.6 is 7.60 Å². The van der Waals surface area contributed by atoms with E-state index in [1.54, 1.807) is 0 Å². The molecule has 21 heteroatoms. The van der Waals surface area contributed by atoms with Crippen molar-refractivity contribution in [2.75, 3.05) is 18.9 Å². The summed E-state index contributed by atoms with van der Waals surface area (Å²) < 4.78 is 32.6. The number of aromatic amines is 1. The van der Waals surface area contributed by atoms with Crippen molar-refractivity contribution in [3.8, 4) is 0 Å². The lowest BCUT2D eigenvalue weighted by molar-refractivity contribution is -0.0497. The third-order valence-electron chi connectivity index (χ3n) is 6.87. The molecular weight excluding hydrogens is 559 g/mol. The van der Waals surface area contributed by atoms with Crippen LogP contribution in [0.5, 0.6) is 0 Å². The van der Waals surface area contributed by atoms with Crippen LogP contribution in [0.3, 0.4) is 0 Å². The highest BCUT2D eigenvalue weighted by molar-refractivity contribution is 7.53. The van der Waals surface area contributed by atoms with E-state index in [0.29, 0.717) is 0 Å². The molecule has 4 aromatic heterocycles. The van der Waals surface area contributed by atoms with Crippen LogP contribution in [0.2, 0.25) is 0 Å². The first-order valence-electron chi connectivity index (χ1n) is 11.8. The molecule has 4 aromatic rings. The average molecular weight is 582 g/mol. The van der Waals surface area contributed by atoms with Gasteiger partial charge in [-0.15, -0.1) is 5.10 Å². The Labute approximate surface area is 221 Å². The zero-order chi connectivity index (χ0) is 28.3. The topological polar surface area (TPSA) is 292 Å². The summed E-state index contributed by atoms with van der Waals surface area (Å²) in [5.41, 5.74) is 3.75. The number of hydrogen-bond acceptors (Lipinski definition) is 16. The Morgan fingerprint density at radius 3 is 2.42 bits per heavy atom. The molecule has 8 N–H and O–H groups in total. The van der Waals surface area contributed by atoms with Crippen LogP contribution in [0.1, 0.15) is 12.5 Å². The van der Waals surface area contributed by atoms with Crippen molar-refractivity contribution in [1.29, 1.82) is 0 Å². The number of nitrogen functional groups attached to an aromatic ring is 1. The second kappa shape index (κ2) is 9.87. The summed E-state index contributed by atoms with van der Waals surface area (Å²) in [7, 11) is -4.83. The maximum atomic E-state index is 13.5. The fraction of sp³-hybridized carbons (Fsp3) is 0.526. The number of hydrogen-bond donors (Lipinski definition) is 7. The SMILES string of the molecule is Nc1ncnc2c1ncn2[C@@H]1OC(CO)[C@@H](O)[C@H]1P(=O)(O)OC[C@H]1O[C@@H](n2cnc3c(=O)[nH]nnc32)[C@H](O)[C@@H]1O. The fourth-order valence-corrected chi connectivity index (χ4v) is 6.50. The number of ether oxygens (including phenoxy) is 2. The van der Waals surface area contributed by atoms with Crippen LogP contribution in [0, 0.1) is 0 Å². The van der Waals surface area contributed by atoms with E-state index >= 15 is 0 Å². The molecule has 2 fully saturated rings. The van der Waals surface area contributed by atoms with E-state index in [-0.39, 0.29) is 28.1 Å². The van der Waals surface area contributed by atoms with Gasteiger partial charge in [0.1, 0.15) is 48.0 Å². The quantitative estimate of drug-likeness (QED) is 0.103. The van der Waals surface area contributed by atoms with Gasteiger partial charge in [0, 0.05) is 0 Å². The van der Waals surface area contributed by atoms with Gasteiger partial charge in [0.05, 0.1) is 25.9 Å². The first kappa shape index (κ1) is 26.7. The number of nitrogens with one attached hydrogen (secondary N) is 1. The molecule has 0 radical (unpaired) electrons. The minimum atomic E-state index is -4.83. The maximum Gasteiger partial charge on any atom is 0.338 e. The van der Waals surface area contributed by atoms with Gasteiger partial charge in [0.2, 0.25) is 0 Å². The number of H-pyrrole nitrogens is 1. The molecule has 0 saturated carbocycles. The summed E-state index contributed by atoms with van der Waals surface area (Å²) in [5.74, 6) is 0.0442. The average Bonchev–Trinajstić information content (AvgIpc) is 3.68. The summed E-state index contributed by atoms with van der Waals surface area (Å²) >= 11 is 0. The van der Waals surface area contributed by atoms with E-state index in [1.807, 2.05) is 0 Å². The number of anilines is 1. The lowest BCUT2D eigenvalue weighted by Crippen LogP contribution is -2.36. The van der Waals surface area contributed by atoms with Crippen molar-refractivity contribution in [3.63, 3.8) is 0 Å². The van der Waals surface area contributed by atoms with Gasteiger partial charge in [-0.05, 0) is 0 Å². The largest absolute Gasteiger partial charge is 0.394 e. The summed E-state index contributed by atoms with van der Waals surface area (Å²) in [6.45, 7) is -1.39. The van der Waals surface area contributed by atoms with Gasteiger partial charge < -0.3 is 45.1 Å². The molecule has 0 aliphatic carbocycles. The van der Waals surface area contributed by atoms with Gasteiger partial charge in [-0.1, -0.05) is 5.21 Å². The van der Waals surface area contributed by atoms with Crippen molar-refractivity contribution in [2.45, 2.75) is 48.6 Å². The lowest BCUT2D eigenvalue weighted by Gasteiger charge is -2.27. The molecular formula is C19H23N10O10P. The molecule has 0 bridgehead atoms. The van der Waals surface area contributed by atoms with E-state index in [9.17, 15) is 34.7 Å². The second-order valence-electron chi connectivity index (χ2n) is 9.18. The number of rotatable bonds is 7. The number of nitrogens with zero attached hydrogens (tertiary/aromatic N) is 8. The van der Waals surface area contributed by atoms with Crippen molar-refractivity contribution in [1.82, 2.24) is 44.5 Å². The van der Waals surface area contributed by atoms with Gasteiger partial charge >= 0.3 is 7.60 Å². The normalized spacial score (nSPS) is 32.2. The smallest absolute Gasteiger partial charge is 0.338 e. The molecule has 0 amide bonds. The molecule has 0 spiro atoms. The minimum absolute atomic E-state index is 0.0319. The Hall–Kier alpha value is -3.46. The third kappa shape index (κ3) is 4.17. The molecule has 0 aromatic carbocycles. The Bertz CT molecular complexity index is 1660. The van der Waals surface area contributed by atoms with Crippen LogP contribution in [0.25, 0.3) is 22.3 Å². The number of nitrogens with two attached hydrogens (primary N) is 1. The lowest BCUT2D eigenvalue weighted by atomic mass is 10.1. The third-order valence-corrected chi connectivity index (χ3v) is 8.70. The van der Waals surface area contributed by atoms with Crippen LogP contribution in [0.15, 0.2) is 23.8 Å². The van der Waals surface area contributed by atoms with Gasteiger partial charge in [0.15, 0.2) is 35.1 Å². The van der Waals surface area contributed by atoms with Gasteiger partial charge in [-0.3, -0.25) is 18.5 Å². The zero-order valence-corrected chi connectivity index (χ0v) is 21.0. The molecule has 2 aliphatic rings. The first-order valence-corrected chi connectivity index (χ1v) is 13.4. The molecule has 6 rings (SSSR count). The molecule has 2 saturated heterocycles. The fourth-order valence-electron chi connectivity index (χ4n) is 4.85. The van der Waals surface area contributed by atoms with Crippen LogP contribution in [-0.2, 0) is 18.6 Å². The number of imidazole rings is 2. The maximum absolute atomic E-state index is 13.5. The number of aromatic nitrogens is 9. The van der Waals surface area contributed by atoms with Crippen LogP contribution < -0.4 is 11.3 Å². The van der Waals surface area contributed by atoms with E-state index in [2.05, 4.69) is 35.3 Å². The zero-order valence-electron chi connectivity index (χ0n) is 20.1. The van der Waals surface area contributed by atoms with E-state index < -0.39 is 75.0 Å². The van der Waals surface area contributed by atoms with E-state index in [4.69, 9.17) is 19.7 Å². The van der Waals surface area contributed by atoms with E-state index in [0.717, 1.165) is 12.7 Å². The Kier molecular flexibility index (Phi) is 6.60. The second-order valence-corrected chi connectivity index (χ2v) is 11.2. The van der Waals surface area contributed by atoms with Gasteiger partial charge in [0.25, 0.3) is 5.56 Å². The molecule has 214 valence electrons. The minimum Gasteiger partial charge on any atom is -0.394 e. The Morgan fingerprint density at radius 1 is 0.975 bits per heavy atom. The summed E-state index contributed by atoms with van der Waals surface area (Å²) in [4.78, 5) is 38.8. The van der Waals surface area contributed by atoms with E-state index in [1.165, 1.54) is 15.5 Å². The molecule has 9 atom stereocenters. The Morgan fingerprint density at radius 2 is 1.68 bits per heavy atom. The highest BCUT2D eigenvalue weighted by Gasteiger charge is 2.55. The highest BCUT2D eigenvalue weighted by Crippen LogP contribution is 2.57. The monoisotopic (exact) mass is 582 g/mol.